The highest BCUT2D eigenvalue weighted by molar-refractivity contribution is 7.18. The maximum Gasteiger partial charge on any atom is 0.274 e. The molecule has 160 valence electrons. The van der Waals surface area contributed by atoms with Gasteiger partial charge in [0.1, 0.15) is 0 Å². The third kappa shape index (κ3) is 3.77. The van der Waals surface area contributed by atoms with E-state index in [0.717, 1.165) is 45.0 Å². The molecule has 32 heavy (non-hydrogen) atoms. The van der Waals surface area contributed by atoms with Crippen LogP contribution in [-0.2, 0) is 0 Å². The van der Waals surface area contributed by atoms with Crippen molar-refractivity contribution < 1.29 is 4.79 Å². The van der Waals surface area contributed by atoms with Gasteiger partial charge in [-0.05, 0) is 56.2 Å². The molecule has 1 saturated heterocycles. The first-order valence-electron chi connectivity index (χ1n) is 10.5. The van der Waals surface area contributed by atoms with E-state index < -0.39 is 0 Å². The summed E-state index contributed by atoms with van der Waals surface area (Å²) in [4.78, 5) is 19.6. The molecule has 0 aliphatic carbocycles. The number of benzene rings is 2. The lowest BCUT2D eigenvalue weighted by Crippen LogP contribution is -2.45. The normalized spacial score (nSPS) is 16.3. The lowest BCUT2D eigenvalue weighted by Gasteiger charge is -2.30. The highest BCUT2D eigenvalue weighted by atomic mass is 32.1. The molecular weight excluding hydrogens is 420 g/mol. The van der Waals surface area contributed by atoms with Crippen molar-refractivity contribution in [1.82, 2.24) is 19.7 Å². The number of piperidine rings is 1. The molecule has 2 N–H and O–H groups in total. The van der Waals surface area contributed by atoms with Gasteiger partial charge in [0, 0.05) is 24.7 Å². The number of fused-ring (bicyclic) bond motifs is 1. The SMILES string of the molecule is Cc1nc2cc(-n3nc(C(=O)N4CCC[C@@H](N)C4)cc3-c3ccc(C#N)cc3)ccc2s1. The van der Waals surface area contributed by atoms with Crippen LogP contribution in [0.1, 0.15) is 33.9 Å². The average molecular weight is 443 g/mol. The lowest BCUT2D eigenvalue weighted by molar-refractivity contribution is 0.0702. The van der Waals surface area contributed by atoms with Gasteiger partial charge >= 0.3 is 0 Å². The number of likely N-dealkylation sites (tertiary alicyclic amines) is 1. The van der Waals surface area contributed by atoms with Crippen LogP contribution >= 0.6 is 11.3 Å². The van der Waals surface area contributed by atoms with Crippen molar-refractivity contribution in [2.45, 2.75) is 25.8 Å². The van der Waals surface area contributed by atoms with E-state index >= 15 is 0 Å². The van der Waals surface area contributed by atoms with E-state index in [2.05, 4.69) is 11.1 Å². The molecule has 4 aromatic rings. The van der Waals surface area contributed by atoms with E-state index in [0.29, 0.717) is 24.3 Å². The number of nitrogens with two attached hydrogens (primary N) is 1. The van der Waals surface area contributed by atoms with Crippen molar-refractivity contribution >= 4 is 27.5 Å². The van der Waals surface area contributed by atoms with Crippen molar-refractivity contribution in [3.05, 3.63) is 64.8 Å². The summed E-state index contributed by atoms with van der Waals surface area (Å²) in [5.41, 5.74) is 10.4. The van der Waals surface area contributed by atoms with Gasteiger partial charge in [-0.3, -0.25) is 4.79 Å². The Morgan fingerprint density at radius 2 is 2.03 bits per heavy atom. The summed E-state index contributed by atoms with van der Waals surface area (Å²) in [7, 11) is 0. The first-order chi connectivity index (χ1) is 15.5. The van der Waals surface area contributed by atoms with Gasteiger partial charge in [-0.1, -0.05) is 12.1 Å². The Morgan fingerprint density at radius 3 is 2.78 bits per heavy atom. The van der Waals surface area contributed by atoms with Crippen LogP contribution in [0.2, 0.25) is 0 Å². The fourth-order valence-corrected chi connectivity index (χ4v) is 4.93. The molecule has 3 heterocycles. The molecule has 1 amide bonds. The maximum absolute atomic E-state index is 13.2. The maximum atomic E-state index is 13.2. The number of aromatic nitrogens is 3. The van der Waals surface area contributed by atoms with Gasteiger partial charge in [-0.25, -0.2) is 9.67 Å². The highest BCUT2D eigenvalue weighted by Crippen LogP contribution is 2.29. The molecule has 0 bridgehead atoms. The molecule has 0 radical (unpaired) electrons. The van der Waals surface area contributed by atoms with Crippen LogP contribution in [0.5, 0.6) is 0 Å². The second kappa shape index (κ2) is 8.19. The van der Waals surface area contributed by atoms with Gasteiger partial charge < -0.3 is 10.6 Å². The number of carbonyl (C=O) groups excluding carboxylic acids is 1. The number of thiazole rings is 1. The number of hydrogen-bond acceptors (Lipinski definition) is 6. The molecule has 0 spiro atoms. The Kier molecular flexibility index (Phi) is 5.21. The highest BCUT2D eigenvalue weighted by Gasteiger charge is 2.26. The summed E-state index contributed by atoms with van der Waals surface area (Å²) < 4.78 is 2.89. The number of rotatable bonds is 3. The third-order valence-corrected chi connectivity index (χ3v) is 6.66. The van der Waals surface area contributed by atoms with Crippen LogP contribution in [0.4, 0.5) is 0 Å². The topological polar surface area (TPSA) is 101 Å². The molecule has 1 aliphatic heterocycles. The minimum absolute atomic E-state index is 0.00287. The quantitative estimate of drug-likeness (QED) is 0.519. The molecular formula is C24H22N6OS. The number of nitrogens with zero attached hydrogens (tertiary/aromatic N) is 5. The van der Waals surface area contributed by atoms with Gasteiger partial charge in [0.15, 0.2) is 5.69 Å². The monoisotopic (exact) mass is 442 g/mol. The predicted molar refractivity (Wildman–Crippen MR) is 125 cm³/mol. The van der Waals surface area contributed by atoms with Crippen LogP contribution in [0, 0.1) is 18.3 Å². The summed E-state index contributed by atoms with van der Waals surface area (Å²) in [5, 5.41) is 14.9. The second-order valence-corrected chi connectivity index (χ2v) is 9.29. The average Bonchev–Trinajstić information content (AvgIpc) is 3.41. The van der Waals surface area contributed by atoms with E-state index in [1.165, 1.54) is 0 Å². The zero-order chi connectivity index (χ0) is 22.2. The Hall–Kier alpha value is -3.54. The van der Waals surface area contributed by atoms with E-state index in [1.54, 1.807) is 33.1 Å². The van der Waals surface area contributed by atoms with Crippen molar-refractivity contribution in [2.75, 3.05) is 13.1 Å². The van der Waals surface area contributed by atoms with Crippen LogP contribution in [0.25, 0.3) is 27.2 Å². The van der Waals surface area contributed by atoms with Crippen molar-refractivity contribution in [1.29, 1.82) is 5.26 Å². The Morgan fingerprint density at radius 1 is 1.22 bits per heavy atom. The van der Waals surface area contributed by atoms with Crippen LogP contribution in [-0.4, -0.2) is 44.7 Å². The first-order valence-corrected chi connectivity index (χ1v) is 11.4. The summed E-state index contributed by atoms with van der Waals surface area (Å²) >= 11 is 1.65. The molecule has 1 fully saturated rings. The smallest absolute Gasteiger partial charge is 0.274 e. The van der Waals surface area contributed by atoms with Crippen molar-refractivity contribution in [2.24, 2.45) is 5.73 Å². The lowest BCUT2D eigenvalue weighted by atomic mass is 10.1. The Balaban J connectivity index is 1.61. The molecule has 5 rings (SSSR count). The van der Waals surface area contributed by atoms with Crippen LogP contribution in [0.15, 0.2) is 48.5 Å². The molecule has 0 saturated carbocycles. The zero-order valence-corrected chi connectivity index (χ0v) is 18.5. The largest absolute Gasteiger partial charge is 0.336 e. The summed E-state index contributed by atoms with van der Waals surface area (Å²) in [6.45, 7) is 3.22. The summed E-state index contributed by atoms with van der Waals surface area (Å²) in [6, 6.07) is 17.3. The predicted octanol–water partition coefficient (Wildman–Crippen LogP) is 3.89. The number of nitriles is 1. The summed E-state index contributed by atoms with van der Waals surface area (Å²) in [6.07, 6.45) is 1.83. The molecule has 7 nitrogen and oxygen atoms in total. The van der Waals surface area contributed by atoms with Crippen LogP contribution < -0.4 is 5.73 Å². The fourth-order valence-electron chi connectivity index (χ4n) is 4.12. The molecule has 0 unspecified atom stereocenters. The molecule has 2 aromatic heterocycles. The van der Waals surface area contributed by atoms with Crippen LogP contribution in [0.3, 0.4) is 0 Å². The first kappa shape index (κ1) is 20.4. The van der Waals surface area contributed by atoms with E-state index in [9.17, 15) is 4.79 Å². The summed E-state index contributed by atoms with van der Waals surface area (Å²) in [5.74, 6) is -0.112. The fraction of sp³-hybridized carbons (Fsp3) is 0.250. The minimum atomic E-state index is -0.112. The molecule has 1 atom stereocenters. The van der Waals surface area contributed by atoms with E-state index in [-0.39, 0.29) is 11.9 Å². The number of aryl methyl sites for hydroxylation is 1. The minimum Gasteiger partial charge on any atom is -0.336 e. The number of carbonyl (C=O) groups is 1. The molecule has 1 aliphatic rings. The second-order valence-electron chi connectivity index (χ2n) is 8.05. The van der Waals surface area contributed by atoms with Gasteiger partial charge in [-0.2, -0.15) is 10.4 Å². The Labute approximate surface area is 189 Å². The van der Waals surface area contributed by atoms with E-state index in [1.807, 2.05) is 43.3 Å². The van der Waals surface area contributed by atoms with Gasteiger partial charge in [0.25, 0.3) is 5.91 Å². The number of amides is 1. The molecule has 2 aromatic carbocycles. The van der Waals surface area contributed by atoms with Gasteiger partial charge in [0.05, 0.1) is 38.2 Å². The van der Waals surface area contributed by atoms with Gasteiger partial charge in [0.2, 0.25) is 0 Å². The Bertz CT molecular complexity index is 1350. The van der Waals surface area contributed by atoms with Crippen molar-refractivity contribution in [3.8, 4) is 23.0 Å². The van der Waals surface area contributed by atoms with E-state index in [4.69, 9.17) is 16.1 Å². The van der Waals surface area contributed by atoms with Gasteiger partial charge in [-0.15, -0.1) is 11.3 Å². The molecule has 8 heteroatoms. The number of hydrogen-bond donors (Lipinski definition) is 1. The zero-order valence-electron chi connectivity index (χ0n) is 17.7. The third-order valence-electron chi connectivity index (χ3n) is 5.71. The van der Waals surface area contributed by atoms with Crippen molar-refractivity contribution in [3.63, 3.8) is 0 Å². The standard InChI is InChI=1S/C24H22N6OS/c1-15-27-20-11-19(8-9-23(20)32-15)30-22(17-6-4-16(13-25)5-7-17)12-21(28-30)24(31)29-10-2-3-18(26)14-29/h4-9,11-12,18H,2-3,10,14,26H2,1H3/t18-/m1/s1.